The third-order valence-corrected chi connectivity index (χ3v) is 3.70. The summed E-state index contributed by atoms with van der Waals surface area (Å²) in [6.45, 7) is 2.07. The Morgan fingerprint density at radius 2 is 2.14 bits per heavy atom. The Bertz CT molecular complexity index is 775. The van der Waals surface area contributed by atoms with Crippen LogP contribution in [0.5, 0.6) is 0 Å². The monoisotopic (exact) mass is 287 g/mol. The highest BCUT2D eigenvalue weighted by atomic mass is 19.1. The smallest absolute Gasteiger partial charge is 0.134 e. The zero-order valence-electron chi connectivity index (χ0n) is 12.4. The molecular formula is C16H18FN3O. The van der Waals surface area contributed by atoms with Crippen LogP contribution in [0.15, 0.2) is 34.7 Å². The van der Waals surface area contributed by atoms with Crippen molar-refractivity contribution in [1.29, 1.82) is 0 Å². The van der Waals surface area contributed by atoms with Gasteiger partial charge in [-0.2, -0.15) is 5.10 Å². The van der Waals surface area contributed by atoms with Crippen molar-refractivity contribution in [3.05, 3.63) is 53.3 Å². The Balaban J connectivity index is 2.06. The van der Waals surface area contributed by atoms with Gasteiger partial charge < -0.3 is 9.73 Å². The highest BCUT2D eigenvalue weighted by Gasteiger charge is 2.21. The molecule has 0 spiro atoms. The molecule has 0 amide bonds. The number of furan rings is 1. The van der Waals surface area contributed by atoms with Gasteiger partial charge in [-0.3, -0.25) is 4.68 Å². The van der Waals surface area contributed by atoms with Gasteiger partial charge >= 0.3 is 0 Å². The number of fused-ring (bicyclic) bond motifs is 1. The first-order chi connectivity index (χ1) is 10.1. The SMILES string of the molecule is CCc1cc(C(NC)c2cc3cc(F)ccc3o2)n(C)n1. The van der Waals surface area contributed by atoms with Gasteiger partial charge in [0.15, 0.2) is 0 Å². The molecule has 1 unspecified atom stereocenters. The van der Waals surface area contributed by atoms with E-state index in [1.807, 2.05) is 24.8 Å². The molecule has 0 aliphatic carbocycles. The Morgan fingerprint density at radius 3 is 2.81 bits per heavy atom. The van der Waals surface area contributed by atoms with Crippen molar-refractivity contribution in [3.8, 4) is 0 Å². The molecule has 1 atom stereocenters. The van der Waals surface area contributed by atoms with Crippen molar-refractivity contribution < 1.29 is 8.81 Å². The summed E-state index contributed by atoms with van der Waals surface area (Å²) in [5.74, 6) is 0.494. The van der Waals surface area contributed by atoms with Crippen LogP contribution in [0.25, 0.3) is 11.0 Å². The maximum absolute atomic E-state index is 13.3. The molecule has 3 rings (SSSR count). The Hall–Kier alpha value is -2.14. The topological polar surface area (TPSA) is 43.0 Å². The van der Waals surface area contributed by atoms with Crippen LogP contribution < -0.4 is 5.32 Å². The van der Waals surface area contributed by atoms with Gasteiger partial charge in [0.05, 0.1) is 11.4 Å². The fraction of sp³-hybridized carbons (Fsp3) is 0.312. The van der Waals surface area contributed by atoms with Gasteiger partial charge in [0.1, 0.15) is 23.2 Å². The van der Waals surface area contributed by atoms with E-state index in [1.165, 1.54) is 12.1 Å². The van der Waals surface area contributed by atoms with Crippen molar-refractivity contribution in [2.75, 3.05) is 7.05 Å². The summed E-state index contributed by atoms with van der Waals surface area (Å²) in [7, 11) is 3.79. The van der Waals surface area contributed by atoms with Crippen molar-refractivity contribution in [2.45, 2.75) is 19.4 Å². The lowest BCUT2D eigenvalue weighted by atomic mass is 10.1. The summed E-state index contributed by atoms with van der Waals surface area (Å²) in [5.41, 5.74) is 2.74. The molecule has 2 heterocycles. The first-order valence-electron chi connectivity index (χ1n) is 7.01. The van der Waals surface area contributed by atoms with E-state index in [-0.39, 0.29) is 11.9 Å². The second-order valence-corrected chi connectivity index (χ2v) is 5.09. The highest BCUT2D eigenvalue weighted by molar-refractivity contribution is 5.78. The largest absolute Gasteiger partial charge is 0.459 e. The van der Waals surface area contributed by atoms with E-state index in [2.05, 4.69) is 23.4 Å². The van der Waals surface area contributed by atoms with E-state index in [4.69, 9.17) is 4.42 Å². The lowest BCUT2D eigenvalue weighted by molar-refractivity contribution is 0.473. The third kappa shape index (κ3) is 2.45. The van der Waals surface area contributed by atoms with Crippen LogP contribution in [0.2, 0.25) is 0 Å². The maximum atomic E-state index is 13.3. The van der Waals surface area contributed by atoms with Crippen LogP contribution in [0.3, 0.4) is 0 Å². The minimum absolute atomic E-state index is 0.113. The molecule has 5 heteroatoms. The molecule has 0 fully saturated rings. The summed E-state index contributed by atoms with van der Waals surface area (Å²) >= 11 is 0. The van der Waals surface area contributed by atoms with Crippen molar-refractivity contribution >= 4 is 11.0 Å². The van der Waals surface area contributed by atoms with Crippen LogP contribution in [0.1, 0.15) is 30.1 Å². The minimum Gasteiger partial charge on any atom is -0.459 e. The van der Waals surface area contributed by atoms with E-state index in [0.29, 0.717) is 5.58 Å². The molecule has 21 heavy (non-hydrogen) atoms. The number of aromatic nitrogens is 2. The summed E-state index contributed by atoms with van der Waals surface area (Å²) in [4.78, 5) is 0. The summed E-state index contributed by atoms with van der Waals surface area (Å²) in [5, 5.41) is 8.47. The molecule has 4 nitrogen and oxygen atoms in total. The Morgan fingerprint density at radius 1 is 1.33 bits per heavy atom. The van der Waals surface area contributed by atoms with Gasteiger partial charge in [-0.1, -0.05) is 6.92 Å². The molecule has 1 N–H and O–H groups in total. The molecule has 0 aliphatic heterocycles. The standard InChI is InChI=1S/C16H18FN3O/c1-4-12-9-13(20(3)19-12)16(18-2)15-8-10-7-11(17)5-6-14(10)21-15/h5-9,16,18H,4H2,1-3H3. The highest BCUT2D eigenvalue weighted by Crippen LogP contribution is 2.28. The number of nitrogens with zero attached hydrogens (tertiary/aromatic N) is 2. The lowest BCUT2D eigenvalue weighted by Crippen LogP contribution is -2.20. The molecular weight excluding hydrogens is 269 g/mol. The van der Waals surface area contributed by atoms with Gasteiger partial charge in [-0.15, -0.1) is 0 Å². The fourth-order valence-corrected chi connectivity index (χ4v) is 2.60. The predicted molar refractivity (Wildman–Crippen MR) is 79.7 cm³/mol. The maximum Gasteiger partial charge on any atom is 0.134 e. The van der Waals surface area contributed by atoms with Gasteiger partial charge in [-0.05, 0) is 43.8 Å². The summed E-state index contributed by atoms with van der Waals surface area (Å²) < 4.78 is 21.0. The molecule has 0 saturated heterocycles. The Labute approximate surface area is 122 Å². The minimum atomic E-state index is -0.260. The van der Waals surface area contributed by atoms with E-state index < -0.39 is 0 Å². The second kappa shape index (κ2) is 5.33. The number of benzene rings is 1. The predicted octanol–water partition coefficient (Wildman–Crippen LogP) is 3.18. The number of aryl methyl sites for hydroxylation is 2. The van der Waals surface area contributed by atoms with Gasteiger partial charge in [0.25, 0.3) is 0 Å². The number of hydrogen-bond donors (Lipinski definition) is 1. The van der Waals surface area contributed by atoms with E-state index in [0.717, 1.165) is 29.0 Å². The molecule has 1 aromatic carbocycles. The average Bonchev–Trinajstić information content (AvgIpc) is 3.03. The zero-order chi connectivity index (χ0) is 15.0. The first kappa shape index (κ1) is 13.8. The average molecular weight is 287 g/mol. The summed E-state index contributed by atoms with van der Waals surface area (Å²) in [6.07, 6.45) is 0.885. The fourth-order valence-electron chi connectivity index (χ4n) is 2.60. The van der Waals surface area contributed by atoms with Crippen molar-refractivity contribution in [3.63, 3.8) is 0 Å². The number of rotatable bonds is 4. The molecule has 0 radical (unpaired) electrons. The lowest BCUT2D eigenvalue weighted by Gasteiger charge is -2.13. The summed E-state index contributed by atoms with van der Waals surface area (Å²) in [6, 6.07) is 8.37. The van der Waals surface area contributed by atoms with E-state index >= 15 is 0 Å². The molecule has 0 aliphatic rings. The van der Waals surface area contributed by atoms with Crippen LogP contribution >= 0.6 is 0 Å². The Kier molecular flexibility index (Phi) is 3.51. The van der Waals surface area contributed by atoms with E-state index in [9.17, 15) is 4.39 Å². The van der Waals surface area contributed by atoms with Crippen LogP contribution in [-0.4, -0.2) is 16.8 Å². The van der Waals surface area contributed by atoms with Gasteiger partial charge in [0.2, 0.25) is 0 Å². The van der Waals surface area contributed by atoms with Crippen LogP contribution in [-0.2, 0) is 13.5 Å². The molecule has 0 saturated carbocycles. The normalized spacial score (nSPS) is 13.0. The molecule has 0 bridgehead atoms. The van der Waals surface area contributed by atoms with Crippen LogP contribution in [0, 0.1) is 5.82 Å². The second-order valence-electron chi connectivity index (χ2n) is 5.09. The quantitative estimate of drug-likeness (QED) is 0.801. The van der Waals surface area contributed by atoms with Gasteiger partial charge in [0, 0.05) is 12.4 Å². The number of halogens is 1. The molecule has 110 valence electrons. The van der Waals surface area contributed by atoms with Gasteiger partial charge in [-0.25, -0.2) is 4.39 Å². The van der Waals surface area contributed by atoms with Crippen molar-refractivity contribution in [1.82, 2.24) is 15.1 Å². The number of hydrogen-bond acceptors (Lipinski definition) is 3. The first-order valence-corrected chi connectivity index (χ1v) is 7.01. The van der Waals surface area contributed by atoms with Crippen molar-refractivity contribution in [2.24, 2.45) is 7.05 Å². The zero-order valence-corrected chi connectivity index (χ0v) is 12.4. The molecule has 3 aromatic rings. The van der Waals surface area contributed by atoms with Crippen LogP contribution in [0.4, 0.5) is 4.39 Å². The number of nitrogens with one attached hydrogen (secondary N) is 1. The molecule has 2 aromatic heterocycles. The third-order valence-electron chi connectivity index (χ3n) is 3.70. The van der Waals surface area contributed by atoms with E-state index in [1.54, 1.807) is 6.07 Å².